The fourth-order valence-corrected chi connectivity index (χ4v) is 3.55. The van der Waals surface area contributed by atoms with Gasteiger partial charge in [0, 0.05) is 12.0 Å². The van der Waals surface area contributed by atoms with E-state index < -0.39 is 37.3 Å². The van der Waals surface area contributed by atoms with Gasteiger partial charge < -0.3 is 29.9 Å². The molecule has 1 saturated heterocycles. The summed E-state index contributed by atoms with van der Waals surface area (Å²) in [5.74, 6) is 0.474. The van der Waals surface area contributed by atoms with Crippen molar-refractivity contribution in [2.24, 2.45) is 0 Å². The highest BCUT2D eigenvalue weighted by Crippen LogP contribution is 2.29. The molecule has 7 heteroatoms. The molecule has 0 bridgehead atoms. The smallest absolute Gasteiger partial charge is 0.229 e. The minimum absolute atomic E-state index is 0.0897. The Balaban J connectivity index is 1.51. The molecule has 152 valence electrons. The summed E-state index contributed by atoms with van der Waals surface area (Å²) < 4.78 is 10.9. The van der Waals surface area contributed by atoms with Crippen molar-refractivity contribution in [3.63, 3.8) is 0 Å². The third kappa shape index (κ3) is 3.83. The summed E-state index contributed by atoms with van der Waals surface area (Å²) in [6.07, 6.45) is -2.45. The zero-order valence-corrected chi connectivity index (χ0v) is 15.5. The maximum absolute atomic E-state index is 12.1. The lowest BCUT2D eigenvalue weighted by molar-refractivity contribution is -0.277. The van der Waals surface area contributed by atoms with E-state index in [9.17, 15) is 25.2 Å². The molecule has 4 rings (SSSR count). The fraction of sp³-hybridized carbons (Fsp3) is 0.318. The van der Waals surface area contributed by atoms with Gasteiger partial charge in [0.25, 0.3) is 0 Å². The van der Waals surface area contributed by atoms with Crippen LogP contribution in [-0.2, 0) is 4.74 Å². The van der Waals surface area contributed by atoms with Crippen LogP contribution in [-0.4, -0.2) is 63.5 Å². The minimum atomic E-state index is -1.49. The Kier molecular flexibility index (Phi) is 5.49. The van der Waals surface area contributed by atoms with Crippen LogP contribution in [0.15, 0.2) is 48.5 Å². The lowest BCUT2D eigenvalue weighted by Gasteiger charge is -2.39. The largest absolute Gasteiger partial charge is 0.462 e. The first-order chi connectivity index (χ1) is 14.0. The SMILES string of the molecule is O=C1CC=Cc2ccc(-c3ccc(OC4OC(CO)C(O)C(O)C4O)cc3)cc21. The minimum Gasteiger partial charge on any atom is -0.462 e. The van der Waals surface area contributed by atoms with E-state index in [0.29, 0.717) is 17.7 Å². The van der Waals surface area contributed by atoms with Crippen molar-refractivity contribution in [2.75, 3.05) is 6.61 Å². The molecule has 2 aromatic rings. The first-order valence-corrected chi connectivity index (χ1v) is 9.39. The molecule has 0 amide bonds. The third-order valence-electron chi connectivity index (χ3n) is 5.24. The van der Waals surface area contributed by atoms with E-state index in [1.807, 2.05) is 42.5 Å². The second-order valence-electron chi connectivity index (χ2n) is 7.17. The molecule has 5 unspecified atom stereocenters. The summed E-state index contributed by atoms with van der Waals surface area (Å²) in [5.41, 5.74) is 3.39. The zero-order valence-electron chi connectivity index (χ0n) is 15.5. The summed E-state index contributed by atoms with van der Waals surface area (Å²) in [5, 5.41) is 39.0. The van der Waals surface area contributed by atoms with E-state index in [-0.39, 0.29) is 5.78 Å². The molecule has 0 radical (unpaired) electrons. The van der Waals surface area contributed by atoms with Crippen molar-refractivity contribution in [3.05, 3.63) is 59.7 Å². The normalized spacial score (nSPS) is 28.8. The number of benzene rings is 2. The molecule has 0 saturated carbocycles. The van der Waals surface area contributed by atoms with E-state index in [1.54, 1.807) is 12.1 Å². The molecule has 1 heterocycles. The van der Waals surface area contributed by atoms with Gasteiger partial charge in [-0.05, 0) is 34.9 Å². The number of ketones is 1. The first kappa shape index (κ1) is 19.8. The Hall–Kier alpha value is -2.55. The highest BCUT2D eigenvalue weighted by molar-refractivity contribution is 6.03. The van der Waals surface area contributed by atoms with E-state index in [0.717, 1.165) is 16.7 Å². The Morgan fingerprint density at radius 3 is 2.41 bits per heavy atom. The highest BCUT2D eigenvalue weighted by atomic mass is 16.7. The van der Waals surface area contributed by atoms with Gasteiger partial charge in [0.05, 0.1) is 6.61 Å². The fourth-order valence-electron chi connectivity index (χ4n) is 3.55. The average molecular weight is 398 g/mol. The number of aliphatic hydroxyl groups excluding tert-OH is 4. The van der Waals surface area contributed by atoms with E-state index >= 15 is 0 Å². The van der Waals surface area contributed by atoms with Crippen LogP contribution in [0, 0.1) is 0 Å². The van der Waals surface area contributed by atoms with Gasteiger partial charge in [0.1, 0.15) is 30.2 Å². The van der Waals surface area contributed by atoms with Gasteiger partial charge in [-0.2, -0.15) is 0 Å². The molecule has 2 aromatic carbocycles. The standard InChI is InChI=1S/C22H22O7/c23-11-18-19(25)20(26)21(27)22(29-18)28-15-8-6-12(7-9-15)14-5-4-13-2-1-3-17(24)16(13)10-14/h1-2,4-10,18-23,25-27H,3,11H2. The summed E-state index contributed by atoms with van der Waals surface area (Å²) >= 11 is 0. The number of carbonyl (C=O) groups is 1. The van der Waals surface area contributed by atoms with Crippen molar-refractivity contribution in [2.45, 2.75) is 37.1 Å². The van der Waals surface area contributed by atoms with Gasteiger partial charge >= 0.3 is 0 Å². The van der Waals surface area contributed by atoms with Gasteiger partial charge in [-0.15, -0.1) is 0 Å². The average Bonchev–Trinajstić information content (AvgIpc) is 2.75. The first-order valence-electron chi connectivity index (χ1n) is 9.39. The van der Waals surface area contributed by atoms with Crippen LogP contribution in [0.3, 0.4) is 0 Å². The summed E-state index contributed by atoms with van der Waals surface area (Å²) in [7, 11) is 0. The number of carbonyl (C=O) groups excluding carboxylic acids is 1. The number of Topliss-reactive ketones (excluding diaryl/α,β-unsaturated/α-hetero) is 1. The molecule has 1 aliphatic heterocycles. The van der Waals surface area contributed by atoms with E-state index in [1.165, 1.54) is 0 Å². The van der Waals surface area contributed by atoms with Gasteiger partial charge in [-0.25, -0.2) is 0 Å². The van der Waals surface area contributed by atoms with Crippen LogP contribution in [0.4, 0.5) is 0 Å². The van der Waals surface area contributed by atoms with Crippen LogP contribution in [0.2, 0.25) is 0 Å². The monoisotopic (exact) mass is 398 g/mol. The van der Waals surface area contributed by atoms with Gasteiger partial charge in [0.15, 0.2) is 5.78 Å². The molecular formula is C22H22O7. The number of hydrogen-bond donors (Lipinski definition) is 4. The highest BCUT2D eigenvalue weighted by Gasteiger charge is 2.44. The Morgan fingerprint density at radius 1 is 0.966 bits per heavy atom. The van der Waals surface area contributed by atoms with E-state index in [2.05, 4.69) is 0 Å². The second-order valence-corrected chi connectivity index (χ2v) is 7.17. The molecule has 0 aromatic heterocycles. The zero-order chi connectivity index (χ0) is 20.5. The lowest BCUT2D eigenvalue weighted by Crippen LogP contribution is -2.60. The number of aliphatic hydroxyl groups is 4. The van der Waals surface area contributed by atoms with Gasteiger partial charge in [-0.1, -0.05) is 36.4 Å². The van der Waals surface area contributed by atoms with Crippen molar-refractivity contribution >= 4 is 11.9 Å². The predicted octanol–water partition coefficient (Wildman–Crippen LogP) is 1.13. The van der Waals surface area contributed by atoms with E-state index in [4.69, 9.17) is 9.47 Å². The number of ether oxygens (including phenoxy) is 2. The topological polar surface area (TPSA) is 116 Å². The molecule has 29 heavy (non-hydrogen) atoms. The molecule has 1 aliphatic carbocycles. The third-order valence-corrected chi connectivity index (χ3v) is 5.24. The number of fused-ring (bicyclic) bond motifs is 1. The van der Waals surface area contributed by atoms with Crippen LogP contribution < -0.4 is 4.74 Å². The summed E-state index contributed by atoms with van der Waals surface area (Å²) in [6.45, 7) is -0.518. The molecule has 7 nitrogen and oxygen atoms in total. The van der Waals surface area contributed by atoms with Crippen molar-refractivity contribution < 1.29 is 34.7 Å². The lowest BCUT2D eigenvalue weighted by atomic mass is 9.92. The van der Waals surface area contributed by atoms with Gasteiger partial charge in [-0.3, -0.25) is 4.79 Å². The van der Waals surface area contributed by atoms with Crippen LogP contribution in [0.1, 0.15) is 22.3 Å². The molecule has 1 fully saturated rings. The molecule has 2 aliphatic rings. The number of hydrogen-bond acceptors (Lipinski definition) is 7. The number of allylic oxidation sites excluding steroid dienone is 1. The van der Waals surface area contributed by atoms with Crippen molar-refractivity contribution in [1.82, 2.24) is 0 Å². The Labute approximate surface area is 167 Å². The quantitative estimate of drug-likeness (QED) is 0.610. The maximum Gasteiger partial charge on any atom is 0.229 e. The van der Waals surface area contributed by atoms with Crippen molar-refractivity contribution in [3.8, 4) is 16.9 Å². The summed E-state index contributed by atoms with van der Waals surface area (Å²) in [4.78, 5) is 12.1. The van der Waals surface area contributed by atoms with Crippen LogP contribution >= 0.6 is 0 Å². The predicted molar refractivity (Wildman–Crippen MR) is 104 cm³/mol. The molecule has 5 atom stereocenters. The van der Waals surface area contributed by atoms with Crippen LogP contribution in [0.5, 0.6) is 5.75 Å². The maximum atomic E-state index is 12.1. The molecule has 4 N–H and O–H groups in total. The number of rotatable bonds is 4. The molecule has 0 spiro atoms. The molecular weight excluding hydrogens is 376 g/mol. The second kappa shape index (κ2) is 8.06. The Morgan fingerprint density at radius 2 is 1.69 bits per heavy atom. The van der Waals surface area contributed by atoms with Gasteiger partial charge in [0.2, 0.25) is 6.29 Å². The summed E-state index contributed by atoms with van der Waals surface area (Å²) in [6, 6.07) is 12.7. The van der Waals surface area contributed by atoms with Crippen molar-refractivity contribution in [1.29, 1.82) is 0 Å². The van der Waals surface area contributed by atoms with Crippen LogP contribution in [0.25, 0.3) is 17.2 Å². The Bertz CT molecular complexity index is 919.